The van der Waals surface area contributed by atoms with Gasteiger partial charge in [0.1, 0.15) is 11.5 Å². The Morgan fingerprint density at radius 3 is 2.40 bits per heavy atom. The molecule has 0 aliphatic carbocycles. The first-order valence-corrected chi connectivity index (χ1v) is 8.03. The lowest BCUT2D eigenvalue weighted by Crippen LogP contribution is -2.42. The minimum atomic E-state index is -0.843. The van der Waals surface area contributed by atoms with E-state index in [2.05, 4.69) is 0 Å². The number of fused-ring (bicyclic) bond motifs is 1. The number of nitrogens with zero attached hydrogens (tertiary/aromatic N) is 2. The van der Waals surface area contributed by atoms with Gasteiger partial charge < -0.3 is 15.3 Å². The Bertz CT molecular complexity index is 804. The van der Waals surface area contributed by atoms with E-state index in [0.29, 0.717) is 17.7 Å². The van der Waals surface area contributed by atoms with Crippen molar-refractivity contribution in [1.82, 2.24) is 4.90 Å². The largest absolute Gasteiger partial charge is 0.508 e. The summed E-state index contributed by atoms with van der Waals surface area (Å²) in [4.78, 5) is 12.4. The molecular formula is C18H20N2O5. The van der Waals surface area contributed by atoms with Crippen molar-refractivity contribution in [2.45, 2.75) is 32.0 Å². The Hall–Kier alpha value is -2.64. The van der Waals surface area contributed by atoms with Crippen LogP contribution < -0.4 is 0 Å². The molecule has 3 N–H and O–H groups in total. The number of aliphatic hydroxyl groups excluding tert-OH is 1. The molecule has 2 atom stereocenters. The number of aliphatic hydroxyl groups is 1. The molecule has 2 aromatic rings. The highest BCUT2D eigenvalue weighted by Crippen LogP contribution is 2.45. The summed E-state index contributed by atoms with van der Waals surface area (Å²) in [7, 11) is 0. The van der Waals surface area contributed by atoms with E-state index >= 15 is 0 Å². The van der Waals surface area contributed by atoms with Gasteiger partial charge in [-0.1, -0.05) is 12.1 Å². The Balaban J connectivity index is 2.17. The van der Waals surface area contributed by atoms with Crippen molar-refractivity contribution in [3.05, 3.63) is 63.2 Å². The van der Waals surface area contributed by atoms with Gasteiger partial charge in [0.2, 0.25) is 0 Å². The summed E-state index contributed by atoms with van der Waals surface area (Å²) >= 11 is 0. The predicted molar refractivity (Wildman–Crippen MR) is 91.5 cm³/mol. The van der Waals surface area contributed by atoms with Gasteiger partial charge in [-0.15, -0.1) is 0 Å². The lowest BCUT2D eigenvalue weighted by Gasteiger charge is -2.42. The summed E-state index contributed by atoms with van der Waals surface area (Å²) in [6.45, 7) is 4.29. The van der Waals surface area contributed by atoms with E-state index in [-0.39, 0.29) is 29.3 Å². The zero-order valence-corrected chi connectivity index (χ0v) is 14.0. The lowest BCUT2D eigenvalue weighted by atomic mass is 9.85. The molecule has 3 rings (SSSR count). The van der Waals surface area contributed by atoms with Gasteiger partial charge in [-0.25, -0.2) is 0 Å². The topological polar surface area (TPSA) is 107 Å². The van der Waals surface area contributed by atoms with Crippen LogP contribution in [0.1, 0.15) is 42.7 Å². The fourth-order valence-electron chi connectivity index (χ4n) is 3.43. The van der Waals surface area contributed by atoms with Gasteiger partial charge in [0.05, 0.1) is 17.1 Å². The molecule has 0 saturated carbocycles. The van der Waals surface area contributed by atoms with Crippen molar-refractivity contribution in [1.29, 1.82) is 0 Å². The Morgan fingerprint density at radius 1 is 1.20 bits per heavy atom. The summed E-state index contributed by atoms with van der Waals surface area (Å²) in [6.07, 6.45) is -0.843. The van der Waals surface area contributed by atoms with Crippen LogP contribution in [-0.4, -0.2) is 37.7 Å². The minimum Gasteiger partial charge on any atom is -0.508 e. The van der Waals surface area contributed by atoms with Gasteiger partial charge in [-0.3, -0.25) is 15.0 Å². The number of non-ortho nitro benzene ring substituents is 1. The monoisotopic (exact) mass is 344 g/mol. The van der Waals surface area contributed by atoms with Gasteiger partial charge in [0, 0.05) is 36.3 Å². The Labute approximate surface area is 144 Å². The van der Waals surface area contributed by atoms with Crippen LogP contribution in [0, 0.1) is 10.1 Å². The number of phenols is 2. The predicted octanol–water partition coefficient (Wildman–Crippen LogP) is 2.85. The number of β-amino-alcohol motifs (C(OH)–C–C–N with tert-alkyl or cyclic N) is 1. The first kappa shape index (κ1) is 17.2. The van der Waals surface area contributed by atoms with Crippen LogP contribution in [0.4, 0.5) is 5.69 Å². The number of nitro benzene ring substituents is 1. The fourth-order valence-corrected chi connectivity index (χ4v) is 3.43. The summed E-state index contributed by atoms with van der Waals surface area (Å²) in [5.41, 5.74) is 1.75. The number of hydrogen-bond acceptors (Lipinski definition) is 6. The smallest absolute Gasteiger partial charge is 0.269 e. The van der Waals surface area contributed by atoms with Crippen molar-refractivity contribution in [2.24, 2.45) is 0 Å². The summed E-state index contributed by atoms with van der Waals surface area (Å²) in [5.74, 6) is -0.224. The maximum absolute atomic E-state index is 10.9. The van der Waals surface area contributed by atoms with E-state index in [1.165, 1.54) is 24.3 Å². The second-order valence-electron chi connectivity index (χ2n) is 6.53. The molecule has 0 radical (unpaired) electrons. The van der Waals surface area contributed by atoms with Gasteiger partial charge in [-0.2, -0.15) is 0 Å². The maximum atomic E-state index is 10.9. The van der Waals surface area contributed by atoms with Crippen LogP contribution in [0.25, 0.3) is 0 Å². The van der Waals surface area contributed by atoms with Crippen LogP contribution in [0.15, 0.2) is 36.4 Å². The van der Waals surface area contributed by atoms with Crippen LogP contribution >= 0.6 is 0 Å². The van der Waals surface area contributed by atoms with E-state index in [1.54, 1.807) is 12.1 Å². The van der Waals surface area contributed by atoms with E-state index in [0.717, 1.165) is 5.56 Å². The van der Waals surface area contributed by atoms with Crippen molar-refractivity contribution in [3.63, 3.8) is 0 Å². The number of phenolic OH excluding ortho intramolecular Hbond substituents is 2. The zero-order valence-electron chi connectivity index (χ0n) is 14.0. The van der Waals surface area contributed by atoms with Gasteiger partial charge in [0.25, 0.3) is 5.69 Å². The minimum absolute atomic E-state index is 0.00848. The molecule has 7 nitrogen and oxygen atoms in total. The molecule has 1 heterocycles. The second-order valence-corrected chi connectivity index (χ2v) is 6.53. The molecule has 0 spiro atoms. The standard InChI is InChI=1S/C18H20N2O5/c1-10(2)19-9-16(23)14-7-13(21)8-15(22)17(14)18(19)11-3-5-12(6-4-11)20(24)25/h3-8,10,16,18,21-23H,9H2,1-2H3. The molecule has 1 aliphatic rings. The number of aromatic hydroxyl groups is 2. The fraction of sp³-hybridized carbons (Fsp3) is 0.333. The van der Waals surface area contributed by atoms with E-state index in [1.807, 2.05) is 18.7 Å². The molecule has 2 aromatic carbocycles. The molecule has 2 unspecified atom stereocenters. The summed E-state index contributed by atoms with van der Waals surface area (Å²) in [6, 6.07) is 8.56. The summed E-state index contributed by atoms with van der Waals surface area (Å²) in [5, 5.41) is 41.5. The molecule has 132 valence electrons. The second kappa shape index (κ2) is 6.34. The normalized spacial score (nSPS) is 20.5. The van der Waals surface area contributed by atoms with Crippen molar-refractivity contribution >= 4 is 5.69 Å². The highest BCUT2D eigenvalue weighted by molar-refractivity contribution is 5.53. The highest BCUT2D eigenvalue weighted by Gasteiger charge is 2.37. The van der Waals surface area contributed by atoms with E-state index in [4.69, 9.17) is 0 Å². The molecule has 0 fully saturated rings. The highest BCUT2D eigenvalue weighted by atomic mass is 16.6. The first-order chi connectivity index (χ1) is 11.8. The third-order valence-electron chi connectivity index (χ3n) is 4.61. The average molecular weight is 344 g/mol. The Kier molecular flexibility index (Phi) is 4.36. The Morgan fingerprint density at radius 2 is 1.84 bits per heavy atom. The summed E-state index contributed by atoms with van der Waals surface area (Å²) < 4.78 is 0. The quantitative estimate of drug-likeness (QED) is 0.584. The number of benzene rings is 2. The van der Waals surface area contributed by atoms with Gasteiger partial charge >= 0.3 is 0 Å². The molecule has 0 saturated heterocycles. The van der Waals surface area contributed by atoms with Crippen LogP contribution in [0.2, 0.25) is 0 Å². The van der Waals surface area contributed by atoms with Crippen LogP contribution in [-0.2, 0) is 0 Å². The zero-order chi connectivity index (χ0) is 18.3. The van der Waals surface area contributed by atoms with Crippen molar-refractivity contribution in [3.8, 4) is 11.5 Å². The van der Waals surface area contributed by atoms with Crippen molar-refractivity contribution in [2.75, 3.05) is 6.54 Å². The average Bonchev–Trinajstić information content (AvgIpc) is 2.55. The lowest BCUT2D eigenvalue weighted by molar-refractivity contribution is -0.384. The molecular weight excluding hydrogens is 324 g/mol. The molecule has 7 heteroatoms. The van der Waals surface area contributed by atoms with Gasteiger partial charge in [-0.05, 0) is 31.0 Å². The third-order valence-corrected chi connectivity index (χ3v) is 4.61. The number of nitro groups is 1. The number of hydrogen-bond donors (Lipinski definition) is 3. The molecule has 1 aliphatic heterocycles. The van der Waals surface area contributed by atoms with Gasteiger partial charge in [0.15, 0.2) is 0 Å². The maximum Gasteiger partial charge on any atom is 0.269 e. The van der Waals surface area contributed by atoms with Crippen molar-refractivity contribution < 1.29 is 20.2 Å². The first-order valence-electron chi connectivity index (χ1n) is 8.03. The molecule has 0 bridgehead atoms. The number of rotatable bonds is 3. The third kappa shape index (κ3) is 3.04. The molecule has 0 amide bonds. The van der Waals surface area contributed by atoms with Crippen LogP contribution in [0.3, 0.4) is 0 Å². The van der Waals surface area contributed by atoms with E-state index < -0.39 is 11.0 Å². The SMILES string of the molecule is CC(C)N1CC(O)c2cc(O)cc(O)c2C1c1ccc([N+](=O)[O-])cc1. The molecule has 25 heavy (non-hydrogen) atoms. The van der Waals surface area contributed by atoms with Crippen LogP contribution in [0.5, 0.6) is 11.5 Å². The van der Waals surface area contributed by atoms with E-state index in [9.17, 15) is 25.4 Å². The molecule has 0 aromatic heterocycles.